The maximum Gasteiger partial charge on any atom is 0.161 e. The van der Waals surface area contributed by atoms with Crippen molar-refractivity contribution in [2.45, 2.75) is 25.5 Å². The summed E-state index contributed by atoms with van der Waals surface area (Å²) in [4.78, 5) is 0. The third-order valence-corrected chi connectivity index (χ3v) is 3.12. The lowest BCUT2D eigenvalue weighted by molar-refractivity contribution is 0.162. The summed E-state index contributed by atoms with van der Waals surface area (Å²) in [5.41, 5.74) is 0.795. The van der Waals surface area contributed by atoms with Gasteiger partial charge in [0.2, 0.25) is 0 Å². The zero-order valence-electron chi connectivity index (χ0n) is 11.1. The van der Waals surface area contributed by atoms with Crippen LogP contribution in [-0.4, -0.2) is 30.9 Å². The molecule has 0 fully saturated rings. The highest BCUT2D eigenvalue weighted by Gasteiger charge is 2.15. The predicted octanol–water partition coefficient (Wildman–Crippen LogP) is 1.49. The second-order valence-corrected chi connectivity index (χ2v) is 4.45. The minimum atomic E-state index is -0.613. The highest BCUT2D eigenvalue weighted by molar-refractivity contribution is 5.44. The molecule has 2 N–H and O–H groups in total. The van der Waals surface area contributed by atoms with E-state index in [1.54, 1.807) is 0 Å². The number of nitrogens with one attached hydrogen (secondary N) is 1. The number of ether oxygens (including phenoxy) is 2. The molecular formula is C15H19NO3. The van der Waals surface area contributed by atoms with Gasteiger partial charge in [0.15, 0.2) is 11.5 Å². The van der Waals surface area contributed by atoms with Gasteiger partial charge in [-0.1, -0.05) is 18.9 Å². The molecule has 0 saturated heterocycles. The number of hydrogen-bond acceptors (Lipinski definition) is 4. The topological polar surface area (TPSA) is 50.7 Å². The molecule has 19 heavy (non-hydrogen) atoms. The van der Waals surface area contributed by atoms with Crippen LogP contribution in [0.5, 0.6) is 11.5 Å². The fourth-order valence-corrected chi connectivity index (χ4v) is 1.96. The maximum atomic E-state index is 10.1. The molecule has 0 radical (unpaired) electrons. The van der Waals surface area contributed by atoms with Crippen molar-refractivity contribution < 1.29 is 14.6 Å². The minimum absolute atomic E-state index is 0.00754. The lowest BCUT2D eigenvalue weighted by Gasteiger charge is -2.21. The number of fused-ring (bicyclic) bond motifs is 1. The van der Waals surface area contributed by atoms with E-state index < -0.39 is 6.10 Å². The lowest BCUT2D eigenvalue weighted by Crippen LogP contribution is -2.31. The van der Waals surface area contributed by atoms with Gasteiger partial charge < -0.3 is 19.9 Å². The molecule has 2 rings (SSSR count). The van der Waals surface area contributed by atoms with Gasteiger partial charge in [-0.05, 0) is 24.1 Å². The van der Waals surface area contributed by atoms with Crippen LogP contribution >= 0.6 is 0 Å². The van der Waals surface area contributed by atoms with E-state index >= 15 is 0 Å². The first-order chi connectivity index (χ1) is 9.24. The van der Waals surface area contributed by atoms with Crippen molar-refractivity contribution in [3.8, 4) is 23.8 Å². The van der Waals surface area contributed by atoms with E-state index in [1.165, 1.54) is 0 Å². The summed E-state index contributed by atoms with van der Waals surface area (Å²) in [7, 11) is 0. The Balaban J connectivity index is 1.99. The molecule has 0 spiro atoms. The van der Waals surface area contributed by atoms with Crippen LogP contribution < -0.4 is 14.8 Å². The summed E-state index contributed by atoms with van der Waals surface area (Å²) in [6.45, 7) is 3.53. The second kappa shape index (κ2) is 6.46. The molecule has 1 heterocycles. The highest BCUT2D eigenvalue weighted by Crippen LogP contribution is 2.32. The van der Waals surface area contributed by atoms with E-state index in [-0.39, 0.29) is 6.04 Å². The number of rotatable bonds is 5. The van der Waals surface area contributed by atoms with Crippen LogP contribution in [0, 0.1) is 12.3 Å². The molecule has 2 unspecified atom stereocenters. The standard InChI is InChI=1S/C15H19NO3/c1-3-12(4-2)16-10-13(17)11-5-6-14-15(9-11)19-8-7-18-14/h1,5-6,9,12-13,16-17H,4,7-8,10H2,2H3. The Morgan fingerprint density at radius 1 is 1.37 bits per heavy atom. The van der Waals surface area contributed by atoms with Crippen molar-refractivity contribution >= 4 is 0 Å². The Morgan fingerprint density at radius 3 is 2.79 bits per heavy atom. The number of aliphatic hydroxyl groups excluding tert-OH is 1. The van der Waals surface area contributed by atoms with Crippen molar-refractivity contribution in [1.29, 1.82) is 0 Å². The Bertz CT molecular complexity index is 467. The molecule has 0 saturated carbocycles. The molecular weight excluding hydrogens is 242 g/mol. The normalized spacial score (nSPS) is 16.5. The molecule has 0 amide bonds. The molecule has 1 aromatic carbocycles. The second-order valence-electron chi connectivity index (χ2n) is 4.45. The summed E-state index contributed by atoms with van der Waals surface area (Å²) in [5.74, 6) is 4.06. The number of terminal acetylenes is 1. The first-order valence-corrected chi connectivity index (χ1v) is 6.51. The van der Waals surface area contributed by atoms with Crippen molar-refractivity contribution in [2.75, 3.05) is 19.8 Å². The number of hydrogen-bond donors (Lipinski definition) is 2. The Labute approximate surface area is 113 Å². The average molecular weight is 261 g/mol. The van der Waals surface area contributed by atoms with E-state index in [4.69, 9.17) is 15.9 Å². The minimum Gasteiger partial charge on any atom is -0.486 e. The number of aliphatic hydroxyl groups is 1. The van der Waals surface area contributed by atoms with Gasteiger partial charge in [-0.2, -0.15) is 0 Å². The third kappa shape index (κ3) is 3.40. The van der Waals surface area contributed by atoms with Crippen molar-refractivity contribution in [2.24, 2.45) is 0 Å². The maximum absolute atomic E-state index is 10.1. The molecule has 1 aliphatic rings. The van der Waals surface area contributed by atoms with E-state index in [2.05, 4.69) is 11.2 Å². The molecule has 0 aromatic heterocycles. The van der Waals surface area contributed by atoms with Crippen molar-refractivity contribution in [3.63, 3.8) is 0 Å². The van der Waals surface area contributed by atoms with Crippen LogP contribution in [0.25, 0.3) is 0 Å². The van der Waals surface area contributed by atoms with Crippen LogP contribution in [-0.2, 0) is 0 Å². The molecule has 102 valence electrons. The van der Waals surface area contributed by atoms with Crippen LogP contribution in [0.1, 0.15) is 25.0 Å². The Kier molecular flexibility index (Phi) is 4.67. The summed E-state index contributed by atoms with van der Waals surface area (Å²) in [6.07, 6.45) is 5.59. The van der Waals surface area contributed by atoms with Gasteiger partial charge in [0.25, 0.3) is 0 Å². The third-order valence-electron chi connectivity index (χ3n) is 3.12. The summed E-state index contributed by atoms with van der Waals surface area (Å²) in [5, 5.41) is 13.3. The van der Waals surface area contributed by atoms with Gasteiger partial charge >= 0.3 is 0 Å². The van der Waals surface area contributed by atoms with Gasteiger partial charge in [-0.25, -0.2) is 0 Å². The summed E-state index contributed by atoms with van der Waals surface area (Å²) >= 11 is 0. The molecule has 1 aromatic rings. The molecule has 0 bridgehead atoms. The molecule has 2 atom stereocenters. The quantitative estimate of drug-likeness (QED) is 0.789. The zero-order valence-corrected chi connectivity index (χ0v) is 11.1. The van der Waals surface area contributed by atoms with E-state index in [1.807, 2.05) is 25.1 Å². The predicted molar refractivity (Wildman–Crippen MR) is 73.3 cm³/mol. The largest absolute Gasteiger partial charge is 0.486 e. The van der Waals surface area contributed by atoms with Crippen LogP contribution in [0.15, 0.2) is 18.2 Å². The van der Waals surface area contributed by atoms with E-state index in [9.17, 15) is 5.11 Å². The molecule has 4 heteroatoms. The zero-order chi connectivity index (χ0) is 13.7. The molecule has 4 nitrogen and oxygen atoms in total. The fraction of sp³-hybridized carbons (Fsp3) is 0.467. The van der Waals surface area contributed by atoms with Crippen LogP contribution in [0.4, 0.5) is 0 Å². The van der Waals surface area contributed by atoms with Gasteiger partial charge in [0.05, 0.1) is 12.1 Å². The van der Waals surface area contributed by atoms with Gasteiger partial charge in [0, 0.05) is 6.54 Å². The van der Waals surface area contributed by atoms with Crippen LogP contribution in [0.3, 0.4) is 0 Å². The van der Waals surface area contributed by atoms with Gasteiger partial charge in [0.1, 0.15) is 13.2 Å². The summed E-state index contributed by atoms with van der Waals surface area (Å²) < 4.78 is 10.9. The molecule has 1 aliphatic heterocycles. The van der Waals surface area contributed by atoms with Crippen molar-refractivity contribution in [1.82, 2.24) is 5.32 Å². The SMILES string of the molecule is C#CC(CC)NCC(O)c1ccc2c(c1)OCCO2. The molecule has 0 aliphatic carbocycles. The van der Waals surface area contributed by atoms with E-state index in [0.717, 1.165) is 17.7 Å². The lowest BCUT2D eigenvalue weighted by atomic mass is 10.1. The van der Waals surface area contributed by atoms with Gasteiger partial charge in [-0.15, -0.1) is 6.42 Å². The average Bonchev–Trinajstić information content (AvgIpc) is 2.47. The first kappa shape index (κ1) is 13.7. The van der Waals surface area contributed by atoms with Crippen molar-refractivity contribution in [3.05, 3.63) is 23.8 Å². The summed E-state index contributed by atoms with van der Waals surface area (Å²) in [6, 6.07) is 5.48. The fourth-order valence-electron chi connectivity index (χ4n) is 1.96. The van der Waals surface area contributed by atoms with Gasteiger partial charge in [-0.3, -0.25) is 0 Å². The monoisotopic (exact) mass is 261 g/mol. The van der Waals surface area contributed by atoms with Crippen LogP contribution in [0.2, 0.25) is 0 Å². The Morgan fingerprint density at radius 2 is 2.11 bits per heavy atom. The highest BCUT2D eigenvalue weighted by atomic mass is 16.6. The first-order valence-electron chi connectivity index (χ1n) is 6.51. The number of benzene rings is 1. The Hall–Kier alpha value is -1.70. The van der Waals surface area contributed by atoms with E-state index in [0.29, 0.717) is 25.5 Å². The smallest absolute Gasteiger partial charge is 0.161 e.